The van der Waals surface area contributed by atoms with Gasteiger partial charge in [0.1, 0.15) is 10.7 Å². The molecule has 2 aromatic carbocycles. The molecule has 156 valence electrons. The molecule has 30 heavy (non-hydrogen) atoms. The molecule has 1 saturated carbocycles. The molecule has 4 rings (SSSR count). The van der Waals surface area contributed by atoms with Crippen LogP contribution in [-0.4, -0.2) is 25.4 Å². The number of thiazole rings is 1. The number of halogens is 1. The van der Waals surface area contributed by atoms with Gasteiger partial charge >= 0.3 is 0 Å². The van der Waals surface area contributed by atoms with Gasteiger partial charge in [-0.25, -0.2) is 22.5 Å². The van der Waals surface area contributed by atoms with E-state index < -0.39 is 10.0 Å². The predicted octanol–water partition coefficient (Wildman–Crippen LogP) is 3.87. The lowest BCUT2D eigenvalue weighted by molar-refractivity contribution is 0.102. The summed E-state index contributed by atoms with van der Waals surface area (Å²) >= 11 is 1.26. The topological polar surface area (TPSA) is 88.2 Å². The van der Waals surface area contributed by atoms with Crippen LogP contribution in [0.3, 0.4) is 0 Å². The number of benzene rings is 2. The van der Waals surface area contributed by atoms with Crippen molar-refractivity contribution in [1.29, 1.82) is 0 Å². The molecular weight excluding hydrogens is 425 g/mol. The van der Waals surface area contributed by atoms with Crippen molar-refractivity contribution < 1.29 is 17.6 Å². The van der Waals surface area contributed by atoms with Crippen LogP contribution in [0.25, 0.3) is 0 Å². The van der Waals surface area contributed by atoms with E-state index in [4.69, 9.17) is 0 Å². The smallest absolute Gasteiger partial charge is 0.267 e. The first kappa shape index (κ1) is 20.6. The van der Waals surface area contributed by atoms with E-state index in [2.05, 4.69) is 15.0 Å². The first-order valence-electron chi connectivity index (χ1n) is 9.45. The molecule has 6 nitrogen and oxygen atoms in total. The van der Waals surface area contributed by atoms with Gasteiger partial charge in [0.05, 0.1) is 15.6 Å². The van der Waals surface area contributed by atoms with E-state index in [1.807, 2.05) is 0 Å². The maximum atomic E-state index is 13.1. The SMILES string of the molecule is Cc1nc(Cc2ccc(F)cc2)sc1C(=O)Nc1cccc(S(=O)(=O)NC2CC2)c1. The van der Waals surface area contributed by atoms with E-state index in [1.165, 1.54) is 35.6 Å². The van der Waals surface area contributed by atoms with Gasteiger partial charge in [0.25, 0.3) is 5.91 Å². The number of sulfonamides is 1. The molecule has 1 aliphatic carbocycles. The summed E-state index contributed by atoms with van der Waals surface area (Å²) in [6, 6.07) is 12.3. The van der Waals surface area contributed by atoms with Gasteiger partial charge in [-0.3, -0.25) is 4.79 Å². The van der Waals surface area contributed by atoms with Crippen LogP contribution >= 0.6 is 11.3 Å². The molecule has 0 bridgehead atoms. The fraction of sp³-hybridized carbons (Fsp3) is 0.238. The molecule has 1 aliphatic rings. The van der Waals surface area contributed by atoms with Crippen LogP contribution in [0.2, 0.25) is 0 Å². The summed E-state index contributed by atoms with van der Waals surface area (Å²) in [5.74, 6) is -0.647. The zero-order valence-corrected chi connectivity index (χ0v) is 17.8. The van der Waals surface area contributed by atoms with Crippen LogP contribution in [0, 0.1) is 12.7 Å². The average Bonchev–Trinajstić information content (AvgIpc) is 3.43. The molecule has 0 spiro atoms. The molecule has 0 aliphatic heterocycles. The fourth-order valence-electron chi connectivity index (χ4n) is 2.93. The number of nitrogens with zero attached hydrogens (tertiary/aromatic N) is 1. The van der Waals surface area contributed by atoms with Crippen LogP contribution in [0.1, 0.15) is 38.8 Å². The Labute approximate surface area is 178 Å². The normalized spacial score (nSPS) is 13.9. The molecule has 0 unspecified atom stereocenters. The zero-order valence-electron chi connectivity index (χ0n) is 16.2. The minimum absolute atomic E-state index is 0.00705. The first-order chi connectivity index (χ1) is 14.3. The molecule has 1 amide bonds. The van der Waals surface area contributed by atoms with Gasteiger partial charge in [-0.15, -0.1) is 11.3 Å². The Balaban J connectivity index is 1.48. The Kier molecular flexibility index (Phi) is 5.68. The number of amides is 1. The molecule has 0 saturated heterocycles. The molecule has 0 radical (unpaired) electrons. The molecule has 1 fully saturated rings. The maximum absolute atomic E-state index is 13.1. The van der Waals surface area contributed by atoms with Gasteiger partial charge in [0.15, 0.2) is 0 Å². The standard InChI is InChI=1S/C21H20FN3O3S2/c1-13-20(29-19(23-13)11-14-5-7-15(22)8-6-14)21(26)24-17-3-2-4-18(12-17)30(27,28)25-16-9-10-16/h2-8,12,16,25H,9-11H2,1H3,(H,24,26). The predicted molar refractivity (Wildman–Crippen MR) is 114 cm³/mol. The van der Waals surface area contributed by atoms with Gasteiger partial charge in [-0.05, 0) is 55.7 Å². The number of carbonyl (C=O) groups excluding carboxylic acids is 1. The third kappa shape index (κ3) is 4.92. The molecule has 0 atom stereocenters. The number of anilines is 1. The Bertz CT molecular complexity index is 1190. The summed E-state index contributed by atoms with van der Waals surface area (Å²) in [6.07, 6.45) is 2.20. The van der Waals surface area contributed by atoms with Crippen molar-refractivity contribution in [2.75, 3.05) is 5.32 Å². The number of aryl methyl sites for hydroxylation is 1. The van der Waals surface area contributed by atoms with E-state index in [0.29, 0.717) is 22.7 Å². The van der Waals surface area contributed by atoms with Crippen molar-refractivity contribution in [3.8, 4) is 0 Å². The van der Waals surface area contributed by atoms with E-state index >= 15 is 0 Å². The Hall–Kier alpha value is -2.62. The van der Waals surface area contributed by atoms with Gasteiger partial charge in [-0.1, -0.05) is 18.2 Å². The highest BCUT2D eigenvalue weighted by Gasteiger charge is 2.28. The van der Waals surface area contributed by atoms with Crippen molar-refractivity contribution in [3.05, 3.63) is 75.5 Å². The minimum atomic E-state index is -3.60. The summed E-state index contributed by atoms with van der Waals surface area (Å²) < 4.78 is 40.5. The highest BCUT2D eigenvalue weighted by Crippen LogP contribution is 2.25. The van der Waals surface area contributed by atoms with Gasteiger partial charge in [0, 0.05) is 18.2 Å². The van der Waals surface area contributed by atoms with Crippen molar-refractivity contribution >= 4 is 33.0 Å². The Morgan fingerprint density at radius 1 is 1.20 bits per heavy atom. The van der Waals surface area contributed by atoms with E-state index in [-0.39, 0.29) is 22.7 Å². The van der Waals surface area contributed by atoms with Crippen LogP contribution in [0.15, 0.2) is 53.4 Å². The van der Waals surface area contributed by atoms with Crippen molar-refractivity contribution in [3.63, 3.8) is 0 Å². The monoisotopic (exact) mass is 445 g/mol. The third-order valence-electron chi connectivity index (χ3n) is 4.62. The lowest BCUT2D eigenvalue weighted by Crippen LogP contribution is -2.25. The summed E-state index contributed by atoms with van der Waals surface area (Å²) in [5.41, 5.74) is 1.89. The molecular formula is C21H20FN3O3S2. The van der Waals surface area contributed by atoms with E-state index in [1.54, 1.807) is 31.2 Å². The highest BCUT2D eigenvalue weighted by atomic mass is 32.2. The summed E-state index contributed by atoms with van der Waals surface area (Å²) in [7, 11) is -3.60. The molecule has 1 heterocycles. The molecule has 3 aromatic rings. The number of rotatable bonds is 7. The lowest BCUT2D eigenvalue weighted by atomic mass is 10.1. The number of hydrogen-bond acceptors (Lipinski definition) is 5. The Morgan fingerprint density at radius 3 is 2.63 bits per heavy atom. The molecule has 9 heteroatoms. The number of nitrogens with one attached hydrogen (secondary N) is 2. The van der Waals surface area contributed by atoms with E-state index in [9.17, 15) is 17.6 Å². The third-order valence-corrected chi connectivity index (χ3v) is 7.29. The van der Waals surface area contributed by atoms with Gasteiger partial charge in [-0.2, -0.15) is 0 Å². The maximum Gasteiger partial charge on any atom is 0.267 e. The van der Waals surface area contributed by atoms with Crippen molar-refractivity contribution in [2.24, 2.45) is 0 Å². The molecule has 2 N–H and O–H groups in total. The average molecular weight is 446 g/mol. The number of hydrogen-bond donors (Lipinski definition) is 2. The van der Waals surface area contributed by atoms with Crippen LogP contribution in [0.5, 0.6) is 0 Å². The second-order valence-electron chi connectivity index (χ2n) is 7.20. The Morgan fingerprint density at radius 2 is 1.93 bits per heavy atom. The van der Waals surface area contributed by atoms with E-state index in [0.717, 1.165) is 23.4 Å². The largest absolute Gasteiger partial charge is 0.321 e. The number of carbonyl (C=O) groups is 1. The first-order valence-corrected chi connectivity index (χ1v) is 11.7. The fourth-order valence-corrected chi connectivity index (χ4v) is 5.28. The lowest BCUT2D eigenvalue weighted by Gasteiger charge is -2.08. The van der Waals surface area contributed by atoms with Gasteiger partial charge in [0.2, 0.25) is 10.0 Å². The minimum Gasteiger partial charge on any atom is -0.321 e. The zero-order chi connectivity index (χ0) is 21.3. The van der Waals surface area contributed by atoms with Crippen LogP contribution in [-0.2, 0) is 16.4 Å². The quantitative estimate of drug-likeness (QED) is 0.578. The van der Waals surface area contributed by atoms with Crippen LogP contribution < -0.4 is 10.0 Å². The second-order valence-corrected chi connectivity index (χ2v) is 10.0. The van der Waals surface area contributed by atoms with Crippen molar-refractivity contribution in [2.45, 2.75) is 37.1 Å². The summed E-state index contributed by atoms with van der Waals surface area (Å²) in [6.45, 7) is 1.75. The molecule has 1 aromatic heterocycles. The van der Waals surface area contributed by atoms with Crippen LogP contribution in [0.4, 0.5) is 10.1 Å². The summed E-state index contributed by atoms with van der Waals surface area (Å²) in [4.78, 5) is 17.8. The van der Waals surface area contributed by atoms with Gasteiger partial charge < -0.3 is 5.32 Å². The van der Waals surface area contributed by atoms with Crippen molar-refractivity contribution in [1.82, 2.24) is 9.71 Å². The second kappa shape index (κ2) is 8.25. The number of aromatic nitrogens is 1. The summed E-state index contributed by atoms with van der Waals surface area (Å²) in [5, 5.41) is 3.50. The highest BCUT2D eigenvalue weighted by molar-refractivity contribution is 7.89.